The van der Waals surface area contributed by atoms with Gasteiger partial charge in [-0.3, -0.25) is 0 Å². The molecule has 0 aromatic heterocycles. The van der Waals surface area contributed by atoms with Crippen molar-refractivity contribution in [1.82, 2.24) is 4.90 Å². The third-order valence-electron chi connectivity index (χ3n) is 2.01. The van der Waals surface area contributed by atoms with E-state index in [0.29, 0.717) is 0 Å². The molecule has 0 fully saturated rings. The van der Waals surface area contributed by atoms with Gasteiger partial charge in [-0.1, -0.05) is 6.07 Å². The molecule has 1 rings (SSSR count). The highest BCUT2D eigenvalue weighted by atomic mass is 32.2. The third kappa shape index (κ3) is 3.60. The van der Waals surface area contributed by atoms with E-state index in [1.807, 2.05) is 17.8 Å². The molecule has 0 bridgehead atoms. The molecule has 14 heavy (non-hydrogen) atoms. The maximum Gasteiger partial charge on any atom is 0.0325 e. The summed E-state index contributed by atoms with van der Waals surface area (Å²) in [4.78, 5) is 3.49. The minimum absolute atomic E-state index is 0.850. The molecule has 0 saturated heterocycles. The highest BCUT2D eigenvalue weighted by Crippen LogP contribution is 2.24. The average molecular weight is 210 g/mol. The molecule has 3 heteroatoms. The summed E-state index contributed by atoms with van der Waals surface area (Å²) in [5.41, 5.74) is 7.89. The number of hydrogen-bond donors (Lipinski definition) is 1. The van der Waals surface area contributed by atoms with E-state index in [9.17, 15) is 0 Å². The summed E-state index contributed by atoms with van der Waals surface area (Å²) in [6, 6.07) is 6.08. The summed E-state index contributed by atoms with van der Waals surface area (Å²) in [5, 5.41) is 0. The fraction of sp³-hybridized carbons (Fsp3) is 0.455. The van der Waals surface area contributed by atoms with Crippen molar-refractivity contribution < 1.29 is 0 Å². The second-order valence-electron chi connectivity index (χ2n) is 3.68. The predicted octanol–water partition coefficient (Wildman–Crippen LogP) is 2.23. The summed E-state index contributed by atoms with van der Waals surface area (Å²) in [5.74, 6) is 1.11. The third-order valence-corrected chi connectivity index (χ3v) is 3.15. The highest BCUT2D eigenvalue weighted by molar-refractivity contribution is 7.99. The largest absolute Gasteiger partial charge is 0.399 e. The van der Waals surface area contributed by atoms with E-state index in [0.717, 1.165) is 18.0 Å². The molecule has 0 spiro atoms. The van der Waals surface area contributed by atoms with Gasteiger partial charge in [-0.15, -0.1) is 11.8 Å². The standard InChI is InChI=1S/C11H18N2S/c1-9-4-5-10(12)8-11(9)14-7-6-13(2)3/h4-5,8H,6-7,12H2,1-3H3. The Balaban J connectivity index is 2.53. The van der Waals surface area contributed by atoms with Gasteiger partial charge < -0.3 is 10.6 Å². The SMILES string of the molecule is Cc1ccc(N)cc1SCCN(C)C. The zero-order chi connectivity index (χ0) is 10.6. The number of aryl methyl sites for hydroxylation is 1. The van der Waals surface area contributed by atoms with Gasteiger partial charge in [0.2, 0.25) is 0 Å². The smallest absolute Gasteiger partial charge is 0.0325 e. The lowest BCUT2D eigenvalue weighted by Gasteiger charge is -2.10. The summed E-state index contributed by atoms with van der Waals surface area (Å²) >= 11 is 1.87. The lowest BCUT2D eigenvalue weighted by molar-refractivity contribution is 0.437. The van der Waals surface area contributed by atoms with Crippen LogP contribution in [0.25, 0.3) is 0 Å². The van der Waals surface area contributed by atoms with E-state index in [2.05, 4.69) is 38.1 Å². The molecule has 0 saturated carbocycles. The van der Waals surface area contributed by atoms with Crippen molar-refractivity contribution in [3.63, 3.8) is 0 Å². The second kappa shape index (κ2) is 5.27. The van der Waals surface area contributed by atoms with Gasteiger partial charge in [0.15, 0.2) is 0 Å². The molecule has 0 unspecified atom stereocenters. The van der Waals surface area contributed by atoms with Crippen LogP contribution in [0.4, 0.5) is 5.69 Å². The lowest BCUT2D eigenvalue weighted by atomic mass is 10.2. The molecule has 0 atom stereocenters. The Kier molecular flexibility index (Phi) is 4.29. The van der Waals surface area contributed by atoms with Crippen molar-refractivity contribution in [2.75, 3.05) is 32.1 Å². The zero-order valence-corrected chi connectivity index (χ0v) is 9.90. The number of benzene rings is 1. The fourth-order valence-electron chi connectivity index (χ4n) is 1.11. The molecule has 78 valence electrons. The van der Waals surface area contributed by atoms with Gasteiger partial charge in [-0.2, -0.15) is 0 Å². The number of nitrogen functional groups attached to an aromatic ring is 1. The maximum atomic E-state index is 5.74. The van der Waals surface area contributed by atoms with Gasteiger partial charge in [0.1, 0.15) is 0 Å². The van der Waals surface area contributed by atoms with E-state index in [1.165, 1.54) is 10.5 Å². The number of rotatable bonds is 4. The van der Waals surface area contributed by atoms with E-state index in [4.69, 9.17) is 5.73 Å². The van der Waals surface area contributed by atoms with Crippen molar-refractivity contribution in [2.24, 2.45) is 0 Å². The monoisotopic (exact) mass is 210 g/mol. The molecule has 0 heterocycles. The molecule has 0 radical (unpaired) electrons. The first-order chi connectivity index (χ1) is 6.59. The Bertz CT molecular complexity index is 297. The predicted molar refractivity (Wildman–Crippen MR) is 64.9 cm³/mol. The van der Waals surface area contributed by atoms with Crippen LogP contribution in [0.1, 0.15) is 5.56 Å². The van der Waals surface area contributed by atoms with Crippen LogP contribution < -0.4 is 5.73 Å². The Morgan fingerprint density at radius 3 is 2.71 bits per heavy atom. The number of nitrogens with zero attached hydrogens (tertiary/aromatic N) is 1. The number of hydrogen-bond acceptors (Lipinski definition) is 3. The number of anilines is 1. The minimum atomic E-state index is 0.850. The first-order valence-corrected chi connectivity index (χ1v) is 5.72. The van der Waals surface area contributed by atoms with E-state index in [-0.39, 0.29) is 0 Å². The quantitative estimate of drug-likeness (QED) is 0.610. The lowest BCUT2D eigenvalue weighted by Crippen LogP contribution is -2.14. The Hall–Kier alpha value is -0.670. The summed E-state index contributed by atoms with van der Waals surface area (Å²) < 4.78 is 0. The first kappa shape index (κ1) is 11.4. The van der Waals surface area contributed by atoms with Gasteiger partial charge in [0.25, 0.3) is 0 Å². The van der Waals surface area contributed by atoms with Crippen LogP contribution in [0, 0.1) is 6.92 Å². The minimum Gasteiger partial charge on any atom is -0.399 e. The second-order valence-corrected chi connectivity index (χ2v) is 4.81. The summed E-state index contributed by atoms with van der Waals surface area (Å²) in [7, 11) is 4.18. The van der Waals surface area contributed by atoms with E-state index in [1.54, 1.807) is 0 Å². The fourth-order valence-corrected chi connectivity index (χ4v) is 2.30. The Morgan fingerprint density at radius 1 is 1.36 bits per heavy atom. The molecule has 2 N–H and O–H groups in total. The Labute approximate surface area is 90.5 Å². The van der Waals surface area contributed by atoms with Gasteiger partial charge in [-0.05, 0) is 38.7 Å². The number of thioether (sulfide) groups is 1. The van der Waals surface area contributed by atoms with Crippen molar-refractivity contribution in [3.05, 3.63) is 23.8 Å². The van der Waals surface area contributed by atoms with Crippen molar-refractivity contribution >= 4 is 17.4 Å². The molecule has 0 aliphatic rings. The molecular formula is C11H18N2S. The van der Waals surface area contributed by atoms with Crippen LogP contribution in [0.3, 0.4) is 0 Å². The molecular weight excluding hydrogens is 192 g/mol. The molecule has 1 aromatic rings. The van der Waals surface area contributed by atoms with Gasteiger partial charge >= 0.3 is 0 Å². The van der Waals surface area contributed by atoms with E-state index < -0.39 is 0 Å². The van der Waals surface area contributed by atoms with Gasteiger partial charge in [-0.25, -0.2) is 0 Å². The van der Waals surface area contributed by atoms with Crippen LogP contribution in [-0.4, -0.2) is 31.3 Å². The molecule has 0 aliphatic carbocycles. The molecule has 2 nitrogen and oxygen atoms in total. The van der Waals surface area contributed by atoms with Crippen LogP contribution in [0.2, 0.25) is 0 Å². The van der Waals surface area contributed by atoms with Crippen LogP contribution in [0.15, 0.2) is 23.1 Å². The average Bonchev–Trinajstić information content (AvgIpc) is 2.10. The Morgan fingerprint density at radius 2 is 2.07 bits per heavy atom. The van der Waals surface area contributed by atoms with Crippen molar-refractivity contribution in [1.29, 1.82) is 0 Å². The van der Waals surface area contributed by atoms with Gasteiger partial charge in [0.05, 0.1) is 0 Å². The molecule has 0 aliphatic heterocycles. The van der Waals surface area contributed by atoms with Gasteiger partial charge in [0, 0.05) is 22.9 Å². The first-order valence-electron chi connectivity index (χ1n) is 4.73. The van der Waals surface area contributed by atoms with Crippen LogP contribution in [-0.2, 0) is 0 Å². The topological polar surface area (TPSA) is 29.3 Å². The van der Waals surface area contributed by atoms with E-state index >= 15 is 0 Å². The van der Waals surface area contributed by atoms with Crippen LogP contribution >= 0.6 is 11.8 Å². The highest BCUT2D eigenvalue weighted by Gasteiger charge is 1.99. The normalized spacial score (nSPS) is 10.9. The zero-order valence-electron chi connectivity index (χ0n) is 9.08. The van der Waals surface area contributed by atoms with Crippen LogP contribution in [0.5, 0.6) is 0 Å². The molecule has 1 aromatic carbocycles. The maximum absolute atomic E-state index is 5.74. The number of nitrogens with two attached hydrogens (primary N) is 1. The summed E-state index contributed by atoms with van der Waals surface area (Å²) in [6.45, 7) is 3.22. The van der Waals surface area contributed by atoms with Crippen molar-refractivity contribution in [2.45, 2.75) is 11.8 Å². The summed E-state index contributed by atoms with van der Waals surface area (Å²) in [6.07, 6.45) is 0. The van der Waals surface area contributed by atoms with Crippen molar-refractivity contribution in [3.8, 4) is 0 Å². The molecule has 0 amide bonds.